The number of aromatic nitrogens is 1. The van der Waals surface area contributed by atoms with Crippen molar-refractivity contribution in [2.24, 2.45) is 5.73 Å². The van der Waals surface area contributed by atoms with Crippen LogP contribution in [0.2, 0.25) is 0 Å². The van der Waals surface area contributed by atoms with Gasteiger partial charge in [-0.2, -0.15) is 0 Å². The van der Waals surface area contributed by atoms with Crippen molar-refractivity contribution >= 4 is 10.9 Å². The van der Waals surface area contributed by atoms with Crippen LogP contribution < -0.4 is 10.5 Å². The zero-order valence-electron chi connectivity index (χ0n) is 11.0. The number of fused-ring (bicyclic) bond motifs is 1. The number of methoxy groups -OCH3 is 1. The molecule has 3 rings (SSSR count). The quantitative estimate of drug-likeness (QED) is 0.852. The number of ether oxygens (including phenoxy) is 1. The number of rotatable bonds is 2. The Labute approximate surface area is 107 Å². The summed E-state index contributed by atoms with van der Waals surface area (Å²) in [5.41, 5.74) is 10.0. The average molecular weight is 244 g/mol. The fourth-order valence-corrected chi connectivity index (χ4v) is 3.39. The standard InChI is InChI=1S/C15H20N2O/c1-10-13(15(16)8-3-4-9-15)11-6-5-7-12(18-2)14(11)17-10/h5-7,17H,3-4,8-9,16H2,1-2H3. The highest BCUT2D eigenvalue weighted by atomic mass is 16.5. The fraction of sp³-hybridized carbons (Fsp3) is 0.467. The number of hydrogen-bond acceptors (Lipinski definition) is 2. The lowest BCUT2D eigenvalue weighted by molar-refractivity contribution is 0.419. The minimum absolute atomic E-state index is 0.158. The Morgan fingerprint density at radius 1 is 1.28 bits per heavy atom. The third-order valence-corrected chi connectivity index (χ3v) is 4.20. The maximum atomic E-state index is 6.62. The molecule has 1 saturated carbocycles. The molecular weight excluding hydrogens is 224 g/mol. The van der Waals surface area contributed by atoms with Crippen LogP contribution in [-0.4, -0.2) is 12.1 Å². The predicted octanol–water partition coefficient (Wildman–Crippen LogP) is 3.21. The van der Waals surface area contributed by atoms with E-state index in [1.807, 2.05) is 12.1 Å². The molecule has 18 heavy (non-hydrogen) atoms. The Bertz CT molecular complexity index is 579. The first-order valence-corrected chi connectivity index (χ1v) is 6.60. The van der Waals surface area contributed by atoms with Crippen LogP contribution in [0.5, 0.6) is 5.75 Å². The Hall–Kier alpha value is -1.48. The number of hydrogen-bond donors (Lipinski definition) is 2. The van der Waals surface area contributed by atoms with Crippen LogP contribution in [0.25, 0.3) is 10.9 Å². The van der Waals surface area contributed by atoms with Crippen molar-refractivity contribution in [1.82, 2.24) is 4.98 Å². The first kappa shape index (κ1) is 11.6. The molecule has 1 fully saturated rings. The predicted molar refractivity (Wildman–Crippen MR) is 73.9 cm³/mol. The number of H-pyrrole nitrogens is 1. The molecule has 2 aromatic rings. The molecule has 0 unspecified atom stereocenters. The third kappa shape index (κ3) is 1.54. The van der Waals surface area contributed by atoms with Gasteiger partial charge in [0.15, 0.2) is 0 Å². The highest BCUT2D eigenvalue weighted by Crippen LogP contribution is 2.42. The molecule has 0 saturated heterocycles. The van der Waals surface area contributed by atoms with E-state index in [0.717, 1.165) is 24.1 Å². The van der Waals surface area contributed by atoms with Crippen LogP contribution in [0.1, 0.15) is 36.9 Å². The molecule has 1 aromatic heterocycles. The Balaban J connectivity index is 2.26. The van der Waals surface area contributed by atoms with Crippen molar-refractivity contribution in [3.8, 4) is 5.75 Å². The van der Waals surface area contributed by atoms with Gasteiger partial charge in [0.25, 0.3) is 0 Å². The van der Waals surface area contributed by atoms with Gasteiger partial charge in [0, 0.05) is 22.2 Å². The van der Waals surface area contributed by atoms with Crippen molar-refractivity contribution in [2.75, 3.05) is 7.11 Å². The first-order chi connectivity index (χ1) is 8.65. The van der Waals surface area contributed by atoms with Gasteiger partial charge < -0.3 is 15.5 Å². The summed E-state index contributed by atoms with van der Waals surface area (Å²) in [5.74, 6) is 0.892. The minimum atomic E-state index is -0.158. The lowest BCUT2D eigenvalue weighted by Crippen LogP contribution is -2.33. The van der Waals surface area contributed by atoms with Gasteiger partial charge in [0.05, 0.1) is 12.6 Å². The van der Waals surface area contributed by atoms with Gasteiger partial charge in [0.2, 0.25) is 0 Å². The molecule has 96 valence electrons. The average Bonchev–Trinajstić information content (AvgIpc) is 2.92. The lowest BCUT2D eigenvalue weighted by Gasteiger charge is -2.24. The number of benzene rings is 1. The van der Waals surface area contributed by atoms with E-state index >= 15 is 0 Å². The fourth-order valence-electron chi connectivity index (χ4n) is 3.39. The highest BCUT2D eigenvalue weighted by molar-refractivity contribution is 5.90. The molecule has 0 bridgehead atoms. The van der Waals surface area contributed by atoms with Crippen molar-refractivity contribution in [3.05, 3.63) is 29.5 Å². The second-order valence-corrected chi connectivity index (χ2v) is 5.37. The van der Waals surface area contributed by atoms with Crippen LogP contribution in [-0.2, 0) is 5.54 Å². The number of nitrogens with two attached hydrogens (primary N) is 1. The molecular formula is C15H20N2O. The maximum Gasteiger partial charge on any atom is 0.142 e. The largest absolute Gasteiger partial charge is 0.495 e. The van der Waals surface area contributed by atoms with Gasteiger partial charge >= 0.3 is 0 Å². The van der Waals surface area contributed by atoms with E-state index in [1.165, 1.54) is 29.5 Å². The van der Waals surface area contributed by atoms with E-state index in [-0.39, 0.29) is 5.54 Å². The normalized spacial score (nSPS) is 18.4. The smallest absolute Gasteiger partial charge is 0.142 e. The molecule has 0 aliphatic heterocycles. The van der Waals surface area contributed by atoms with Gasteiger partial charge in [-0.1, -0.05) is 25.0 Å². The Morgan fingerprint density at radius 2 is 2.00 bits per heavy atom. The van der Waals surface area contributed by atoms with E-state index in [4.69, 9.17) is 10.5 Å². The summed E-state index contributed by atoms with van der Waals surface area (Å²) in [6.07, 6.45) is 4.62. The summed E-state index contributed by atoms with van der Waals surface area (Å²) in [6.45, 7) is 2.11. The molecule has 1 heterocycles. The maximum absolute atomic E-state index is 6.62. The Morgan fingerprint density at radius 3 is 2.67 bits per heavy atom. The van der Waals surface area contributed by atoms with E-state index in [1.54, 1.807) is 7.11 Å². The summed E-state index contributed by atoms with van der Waals surface area (Å²) in [6, 6.07) is 6.17. The second-order valence-electron chi connectivity index (χ2n) is 5.37. The molecule has 0 radical (unpaired) electrons. The minimum Gasteiger partial charge on any atom is -0.495 e. The van der Waals surface area contributed by atoms with Crippen molar-refractivity contribution < 1.29 is 4.74 Å². The van der Waals surface area contributed by atoms with Gasteiger partial charge in [-0.3, -0.25) is 0 Å². The van der Waals surface area contributed by atoms with E-state index in [0.29, 0.717) is 0 Å². The topological polar surface area (TPSA) is 51.0 Å². The van der Waals surface area contributed by atoms with Gasteiger partial charge in [-0.25, -0.2) is 0 Å². The third-order valence-electron chi connectivity index (χ3n) is 4.20. The second kappa shape index (κ2) is 4.02. The van der Waals surface area contributed by atoms with Crippen molar-refractivity contribution in [2.45, 2.75) is 38.1 Å². The van der Waals surface area contributed by atoms with E-state index in [9.17, 15) is 0 Å². The van der Waals surface area contributed by atoms with Crippen LogP contribution in [0.15, 0.2) is 18.2 Å². The monoisotopic (exact) mass is 244 g/mol. The molecule has 1 aliphatic carbocycles. The Kier molecular flexibility index (Phi) is 2.59. The first-order valence-electron chi connectivity index (χ1n) is 6.60. The summed E-state index contributed by atoms with van der Waals surface area (Å²) < 4.78 is 5.42. The van der Waals surface area contributed by atoms with E-state index in [2.05, 4.69) is 18.0 Å². The van der Waals surface area contributed by atoms with Crippen molar-refractivity contribution in [3.63, 3.8) is 0 Å². The molecule has 0 spiro atoms. The summed E-state index contributed by atoms with van der Waals surface area (Å²) in [7, 11) is 1.71. The lowest BCUT2D eigenvalue weighted by atomic mass is 9.87. The molecule has 1 aliphatic rings. The summed E-state index contributed by atoms with van der Waals surface area (Å²) in [5, 5.41) is 1.22. The highest BCUT2D eigenvalue weighted by Gasteiger charge is 2.35. The summed E-state index contributed by atoms with van der Waals surface area (Å²) in [4.78, 5) is 3.44. The number of nitrogens with one attached hydrogen (secondary N) is 1. The van der Waals surface area contributed by atoms with Gasteiger partial charge in [-0.15, -0.1) is 0 Å². The molecule has 3 heteroatoms. The van der Waals surface area contributed by atoms with Gasteiger partial charge in [0.1, 0.15) is 5.75 Å². The molecule has 0 amide bonds. The SMILES string of the molecule is COc1cccc2c(C3(N)CCCC3)c(C)[nH]c12. The molecule has 1 aromatic carbocycles. The van der Waals surface area contributed by atoms with Crippen LogP contribution in [0.4, 0.5) is 0 Å². The molecule has 0 atom stereocenters. The summed E-state index contributed by atoms with van der Waals surface area (Å²) >= 11 is 0. The van der Waals surface area contributed by atoms with Crippen LogP contribution in [0.3, 0.4) is 0 Å². The molecule has 3 N–H and O–H groups in total. The number of aromatic amines is 1. The van der Waals surface area contributed by atoms with Crippen LogP contribution in [0, 0.1) is 6.92 Å². The van der Waals surface area contributed by atoms with Crippen molar-refractivity contribution in [1.29, 1.82) is 0 Å². The molecule has 3 nitrogen and oxygen atoms in total. The zero-order valence-corrected chi connectivity index (χ0v) is 11.0. The zero-order chi connectivity index (χ0) is 12.8. The van der Waals surface area contributed by atoms with E-state index < -0.39 is 0 Å². The van der Waals surface area contributed by atoms with Gasteiger partial charge in [-0.05, 0) is 25.8 Å². The number of para-hydroxylation sites is 1. The number of aryl methyl sites for hydroxylation is 1. The van der Waals surface area contributed by atoms with Crippen LogP contribution >= 0.6 is 0 Å².